The lowest BCUT2D eigenvalue weighted by Crippen LogP contribution is -2.55. The molecule has 0 aliphatic carbocycles. The van der Waals surface area contributed by atoms with Crippen molar-refractivity contribution in [2.45, 2.75) is 141 Å². The number of allylic oxidation sites excluding steroid dienone is 2. The first-order chi connectivity index (χ1) is 14.8. The van der Waals surface area contributed by atoms with E-state index in [0.29, 0.717) is 10.9 Å². The van der Waals surface area contributed by atoms with Gasteiger partial charge in [-0.25, -0.2) is 0 Å². The maximum atomic E-state index is 11.9. The van der Waals surface area contributed by atoms with Crippen molar-refractivity contribution in [1.82, 2.24) is 0 Å². The van der Waals surface area contributed by atoms with E-state index in [2.05, 4.69) is 19.1 Å². The Morgan fingerprint density at radius 3 is 1.42 bits per heavy atom. The smallest absolute Gasteiger partial charge is 0.376 e. The molecule has 0 radical (unpaired) electrons. The first-order valence-corrected chi connectivity index (χ1v) is 14.6. The van der Waals surface area contributed by atoms with Gasteiger partial charge in [0.25, 0.3) is 5.28 Å². The van der Waals surface area contributed by atoms with Gasteiger partial charge in [0.05, 0.1) is 21.1 Å². The lowest BCUT2D eigenvalue weighted by molar-refractivity contribution is -0.910. The molecule has 0 rings (SSSR count). The Balaban J connectivity index is 3.52. The molecule has 0 aromatic carbocycles. The molecule has 4 heteroatoms. The molecule has 0 amide bonds. The molecule has 0 aromatic heterocycles. The summed E-state index contributed by atoms with van der Waals surface area (Å²) in [6.45, 7) is 4.28. The summed E-state index contributed by atoms with van der Waals surface area (Å²) in [6.07, 6.45) is 28.6. The molecule has 0 aliphatic rings. The predicted molar refractivity (Wildman–Crippen MR) is 137 cm³/mol. The fourth-order valence-electron chi connectivity index (χ4n) is 4.64. The molecule has 3 nitrogen and oxygen atoms in total. The average molecular weight is 457 g/mol. The summed E-state index contributed by atoms with van der Waals surface area (Å²) in [5.74, 6) is 0. The second-order valence-corrected chi connectivity index (χ2v) is 11.7. The first kappa shape index (κ1) is 30.8. The molecule has 31 heavy (non-hydrogen) atoms. The molecule has 0 N–H and O–H groups in total. The number of quaternary nitrogens is 1. The summed E-state index contributed by atoms with van der Waals surface area (Å²) < 4.78 is 12.5. The molecule has 2 atom stereocenters. The van der Waals surface area contributed by atoms with Gasteiger partial charge in [-0.3, -0.25) is 4.48 Å². The standard InChI is InChI=1S/C27H55NO2P/c1-6-8-9-10-11-12-13-14-15-16-17-18-19-20-21-22-23-24-25-26-27(7-2,31(29)30)28(3,4)5/h11-12H,6-10,13-26H2,1-5H3/q+1/b12-11-. The molecule has 0 fully saturated rings. The van der Waals surface area contributed by atoms with Gasteiger partial charge in [-0.2, -0.15) is 0 Å². The van der Waals surface area contributed by atoms with E-state index in [4.69, 9.17) is 0 Å². The van der Waals surface area contributed by atoms with Crippen molar-refractivity contribution in [2.75, 3.05) is 21.1 Å². The lowest BCUT2D eigenvalue weighted by atomic mass is 10.0. The number of nitrogens with zero attached hydrogens (tertiary/aromatic N) is 1. The molecule has 2 unspecified atom stereocenters. The Bertz CT molecular complexity index is 459. The summed E-state index contributed by atoms with van der Waals surface area (Å²) in [5.41, 5.74) is 0. The lowest BCUT2D eigenvalue weighted by Gasteiger charge is -2.39. The van der Waals surface area contributed by atoms with Gasteiger partial charge in [0.1, 0.15) is 0 Å². The van der Waals surface area contributed by atoms with Crippen LogP contribution < -0.4 is 4.89 Å². The van der Waals surface area contributed by atoms with E-state index in [1.807, 2.05) is 28.1 Å². The van der Waals surface area contributed by atoms with Crippen LogP contribution in [-0.4, -0.2) is 30.9 Å². The van der Waals surface area contributed by atoms with Crippen molar-refractivity contribution in [1.29, 1.82) is 0 Å². The third-order valence-corrected chi connectivity index (χ3v) is 8.81. The molecule has 0 aliphatic heterocycles. The van der Waals surface area contributed by atoms with Crippen LogP contribution >= 0.6 is 8.03 Å². The molecule has 0 aromatic rings. The van der Waals surface area contributed by atoms with Crippen molar-refractivity contribution in [2.24, 2.45) is 0 Å². The minimum Gasteiger partial charge on any atom is -0.590 e. The van der Waals surface area contributed by atoms with E-state index in [1.165, 1.54) is 96.3 Å². The van der Waals surface area contributed by atoms with Crippen LogP contribution in [0.3, 0.4) is 0 Å². The van der Waals surface area contributed by atoms with Crippen molar-refractivity contribution in [3.05, 3.63) is 12.2 Å². The molecular formula is C27H55NO2P+. The zero-order valence-corrected chi connectivity index (χ0v) is 22.7. The van der Waals surface area contributed by atoms with E-state index in [-0.39, 0.29) is 0 Å². The Labute approximate surface area is 196 Å². The van der Waals surface area contributed by atoms with Crippen LogP contribution in [0.1, 0.15) is 136 Å². The summed E-state index contributed by atoms with van der Waals surface area (Å²) in [5, 5.41) is -0.597. The van der Waals surface area contributed by atoms with Crippen molar-refractivity contribution in [3.63, 3.8) is 0 Å². The van der Waals surface area contributed by atoms with Crippen LogP contribution in [0.4, 0.5) is 0 Å². The molecule has 0 heterocycles. The zero-order valence-electron chi connectivity index (χ0n) is 21.8. The number of rotatable bonds is 22. The first-order valence-electron chi connectivity index (χ1n) is 13.4. The highest BCUT2D eigenvalue weighted by Crippen LogP contribution is 2.44. The quantitative estimate of drug-likeness (QED) is 0.0709. The van der Waals surface area contributed by atoms with Gasteiger partial charge in [0, 0.05) is 12.8 Å². The van der Waals surface area contributed by atoms with Crippen molar-refractivity contribution < 1.29 is 13.9 Å². The minimum absolute atomic E-state index is 0.512. The van der Waals surface area contributed by atoms with Gasteiger partial charge in [-0.15, -0.1) is 0 Å². The van der Waals surface area contributed by atoms with Gasteiger partial charge in [0.15, 0.2) is 0 Å². The third-order valence-electron chi connectivity index (χ3n) is 6.99. The predicted octanol–water partition coefficient (Wildman–Crippen LogP) is 8.50. The van der Waals surface area contributed by atoms with E-state index >= 15 is 0 Å². The monoisotopic (exact) mass is 456 g/mol. The fraction of sp³-hybridized carbons (Fsp3) is 0.926. The minimum atomic E-state index is -2.41. The Morgan fingerprint density at radius 1 is 0.677 bits per heavy atom. The topological polar surface area (TPSA) is 40.1 Å². The molecule has 184 valence electrons. The zero-order chi connectivity index (χ0) is 23.4. The van der Waals surface area contributed by atoms with E-state index < -0.39 is 13.3 Å². The number of hydrogen-bond acceptors (Lipinski definition) is 2. The van der Waals surface area contributed by atoms with Crippen LogP contribution in [0.5, 0.6) is 0 Å². The SMILES string of the molecule is CCCCC/C=C\CCCCCCCCCCCCCCC(CC)([P+](=O)[O-])[N+](C)(C)C. The highest BCUT2D eigenvalue weighted by molar-refractivity contribution is 7.38. The largest absolute Gasteiger partial charge is 0.590 e. The summed E-state index contributed by atoms with van der Waals surface area (Å²) in [4.78, 5) is 11.9. The fourth-order valence-corrected chi connectivity index (χ4v) is 5.73. The van der Waals surface area contributed by atoms with Crippen LogP contribution in [0.25, 0.3) is 0 Å². The van der Waals surface area contributed by atoms with E-state index in [0.717, 1.165) is 19.3 Å². The van der Waals surface area contributed by atoms with Gasteiger partial charge >= 0.3 is 8.03 Å². The van der Waals surface area contributed by atoms with Gasteiger partial charge in [-0.1, -0.05) is 108 Å². The van der Waals surface area contributed by atoms with E-state index in [9.17, 15) is 9.46 Å². The maximum Gasteiger partial charge on any atom is 0.376 e. The van der Waals surface area contributed by atoms with Gasteiger partial charge < -0.3 is 4.89 Å². The highest BCUT2D eigenvalue weighted by Gasteiger charge is 2.52. The van der Waals surface area contributed by atoms with Crippen molar-refractivity contribution >= 4 is 8.03 Å². The van der Waals surface area contributed by atoms with Crippen LogP contribution in [0.15, 0.2) is 12.2 Å². The molecule has 0 saturated heterocycles. The Hall–Kier alpha value is -0.240. The summed E-state index contributed by atoms with van der Waals surface area (Å²) in [7, 11) is 3.63. The average Bonchev–Trinajstić information content (AvgIpc) is 2.71. The number of hydrogen-bond donors (Lipinski definition) is 0. The third kappa shape index (κ3) is 14.5. The second-order valence-electron chi connectivity index (χ2n) is 10.4. The van der Waals surface area contributed by atoms with Crippen LogP contribution in [-0.2, 0) is 4.57 Å². The van der Waals surface area contributed by atoms with Crippen LogP contribution in [0.2, 0.25) is 0 Å². The molecular weight excluding hydrogens is 401 g/mol. The van der Waals surface area contributed by atoms with Gasteiger partial charge in [0.2, 0.25) is 0 Å². The van der Waals surface area contributed by atoms with E-state index in [1.54, 1.807) is 0 Å². The number of unbranched alkanes of at least 4 members (excludes halogenated alkanes) is 15. The molecule has 0 spiro atoms. The second kappa shape index (κ2) is 19.2. The highest BCUT2D eigenvalue weighted by atomic mass is 31.1. The Kier molecular flexibility index (Phi) is 19.1. The Morgan fingerprint density at radius 2 is 1.06 bits per heavy atom. The maximum absolute atomic E-state index is 11.9. The normalized spacial score (nSPS) is 14.8. The van der Waals surface area contributed by atoms with Gasteiger partial charge in [-0.05, 0) is 32.1 Å². The van der Waals surface area contributed by atoms with Crippen LogP contribution in [0, 0.1) is 0 Å². The summed E-state index contributed by atoms with van der Waals surface area (Å²) >= 11 is 0. The summed E-state index contributed by atoms with van der Waals surface area (Å²) in [6, 6.07) is 0. The molecule has 0 saturated carbocycles. The molecule has 0 bridgehead atoms. The van der Waals surface area contributed by atoms with Crippen molar-refractivity contribution in [3.8, 4) is 0 Å².